The number of hydrogen-bond donors (Lipinski definition) is 3. The quantitative estimate of drug-likeness (QED) is 0.615. The highest BCUT2D eigenvalue weighted by atomic mass is 16.2. The summed E-state index contributed by atoms with van der Waals surface area (Å²) < 4.78 is 0. The second-order valence-electron chi connectivity index (χ2n) is 5.81. The Kier molecular flexibility index (Phi) is 4.42. The Morgan fingerprint density at radius 1 is 1.42 bits per heavy atom. The maximum absolute atomic E-state index is 12.3. The lowest BCUT2D eigenvalue weighted by molar-refractivity contribution is -0.132. The topological polar surface area (TPSA) is 73.5 Å². The predicted octanol–water partition coefficient (Wildman–Crippen LogP) is -0.935. The summed E-state index contributed by atoms with van der Waals surface area (Å²) in [7, 11) is 0. The van der Waals surface area contributed by atoms with E-state index in [-0.39, 0.29) is 17.9 Å². The molecule has 2 rings (SSSR count). The van der Waals surface area contributed by atoms with Crippen LogP contribution in [-0.4, -0.2) is 61.0 Å². The van der Waals surface area contributed by atoms with Gasteiger partial charge in [-0.15, -0.1) is 0 Å². The van der Waals surface area contributed by atoms with E-state index in [0.29, 0.717) is 13.0 Å². The summed E-state index contributed by atoms with van der Waals surface area (Å²) in [6, 6.07) is 0.0928. The molecule has 1 unspecified atom stereocenters. The van der Waals surface area contributed by atoms with Crippen LogP contribution in [0.25, 0.3) is 0 Å². The van der Waals surface area contributed by atoms with Crippen LogP contribution in [0.3, 0.4) is 0 Å². The lowest BCUT2D eigenvalue weighted by atomic mass is 10.0. The smallest absolute Gasteiger partial charge is 0.240 e. The first kappa shape index (κ1) is 14.3. The first-order valence-electron chi connectivity index (χ1n) is 7.03. The first-order valence-corrected chi connectivity index (χ1v) is 7.03. The van der Waals surface area contributed by atoms with E-state index >= 15 is 0 Å². The number of carbonyl (C=O) groups is 2. The van der Waals surface area contributed by atoms with Crippen molar-refractivity contribution in [3.05, 3.63) is 0 Å². The van der Waals surface area contributed by atoms with Crippen LogP contribution in [0.5, 0.6) is 0 Å². The maximum Gasteiger partial charge on any atom is 0.240 e. The minimum Gasteiger partial charge on any atom is -0.352 e. The number of carbonyl (C=O) groups excluding carboxylic acids is 2. The van der Waals surface area contributed by atoms with Gasteiger partial charge in [-0.1, -0.05) is 0 Å². The molecule has 108 valence electrons. The maximum atomic E-state index is 12.3. The third kappa shape index (κ3) is 3.45. The van der Waals surface area contributed by atoms with Gasteiger partial charge in [-0.2, -0.15) is 0 Å². The van der Waals surface area contributed by atoms with Gasteiger partial charge in [-0.25, -0.2) is 0 Å². The summed E-state index contributed by atoms with van der Waals surface area (Å²) in [5.41, 5.74) is -0.495. The molecular weight excluding hydrogens is 244 g/mol. The SMILES string of the molecule is CC(C)(C(=O)NCC1CCC(=O)N1)N1CCNCC1. The average Bonchev–Trinajstić information content (AvgIpc) is 2.82. The van der Waals surface area contributed by atoms with Gasteiger partial charge >= 0.3 is 0 Å². The van der Waals surface area contributed by atoms with Crippen molar-refractivity contribution in [1.29, 1.82) is 0 Å². The summed E-state index contributed by atoms with van der Waals surface area (Å²) in [6.07, 6.45) is 1.38. The molecule has 2 fully saturated rings. The number of nitrogens with zero attached hydrogens (tertiary/aromatic N) is 1. The standard InChI is InChI=1S/C13H24N4O2/c1-13(2,17-7-5-14-6-8-17)12(19)15-9-10-3-4-11(18)16-10/h10,14H,3-9H2,1-2H3,(H,15,19)(H,16,18). The fourth-order valence-corrected chi connectivity index (χ4v) is 2.63. The molecule has 0 aromatic heterocycles. The summed E-state index contributed by atoms with van der Waals surface area (Å²) in [4.78, 5) is 25.6. The lowest BCUT2D eigenvalue weighted by Crippen LogP contribution is -2.60. The minimum atomic E-state index is -0.495. The second kappa shape index (κ2) is 5.88. The van der Waals surface area contributed by atoms with Crippen LogP contribution < -0.4 is 16.0 Å². The van der Waals surface area contributed by atoms with E-state index in [1.807, 2.05) is 13.8 Å². The van der Waals surface area contributed by atoms with Crippen LogP contribution in [0.2, 0.25) is 0 Å². The van der Waals surface area contributed by atoms with Gasteiger partial charge in [0.2, 0.25) is 11.8 Å². The molecule has 2 amide bonds. The Bertz CT molecular complexity index is 351. The summed E-state index contributed by atoms with van der Waals surface area (Å²) in [6.45, 7) is 8.08. The van der Waals surface area contributed by atoms with Gasteiger partial charge in [0.25, 0.3) is 0 Å². The van der Waals surface area contributed by atoms with Crippen molar-refractivity contribution in [3.8, 4) is 0 Å². The number of hydrogen-bond acceptors (Lipinski definition) is 4. The van der Waals surface area contributed by atoms with Gasteiger partial charge in [0, 0.05) is 45.2 Å². The molecule has 2 aliphatic rings. The molecule has 0 aliphatic carbocycles. The highest BCUT2D eigenvalue weighted by Gasteiger charge is 2.35. The molecule has 0 radical (unpaired) electrons. The summed E-state index contributed by atoms with van der Waals surface area (Å²) in [5, 5.41) is 9.12. The second-order valence-corrected chi connectivity index (χ2v) is 5.81. The molecule has 2 aliphatic heterocycles. The first-order chi connectivity index (χ1) is 9.00. The Morgan fingerprint density at radius 3 is 2.68 bits per heavy atom. The van der Waals surface area contributed by atoms with Crippen molar-refractivity contribution in [3.63, 3.8) is 0 Å². The van der Waals surface area contributed by atoms with Gasteiger partial charge in [0.05, 0.1) is 5.54 Å². The van der Waals surface area contributed by atoms with Crippen molar-refractivity contribution < 1.29 is 9.59 Å². The molecule has 3 N–H and O–H groups in total. The Morgan fingerprint density at radius 2 is 2.11 bits per heavy atom. The van der Waals surface area contributed by atoms with Crippen LogP contribution in [-0.2, 0) is 9.59 Å². The molecule has 0 bridgehead atoms. The van der Waals surface area contributed by atoms with E-state index in [9.17, 15) is 9.59 Å². The number of nitrogens with one attached hydrogen (secondary N) is 3. The molecule has 0 spiro atoms. The Balaban J connectivity index is 1.82. The largest absolute Gasteiger partial charge is 0.352 e. The average molecular weight is 268 g/mol. The van der Waals surface area contributed by atoms with E-state index in [2.05, 4.69) is 20.9 Å². The van der Waals surface area contributed by atoms with E-state index < -0.39 is 5.54 Å². The zero-order valence-corrected chi connectivity index (χ0v) is 11.8. The fourth-order valence-electron chi connectivity index (χ4n) is 2.63. The molecule has 6 nitrogen and oxygen atoms in total. The van der Waals surface area contributed by atoms with Gasteiger partial charge < -0.3 is 16.0 Å². The van der Waals surface area contributed by atoms with E-state index in [1.165, 1.54) is 0 Å². The molecule has 0 aromatic rings. The van der Waals surface area contributed by atoms with Gasteiger partial charge in [0.1, 0.15) is 0 Å². The summed E-state index contributed by atoms with van der Waals surface area (Å²) >= 11 is 0. The molecule has 6 heteroatoms. The van der Waals surface area contributed by atoms with Crippen molar-refractivity contribution in [2.24, 2.45) is 0 Å². The molecule has 19 heavy (non-hydrogen) atoms. The zero-order valence-electron chi connectivity index (χ0n) is 11.8. The lowest BCUT2D eigenvalue weighted by Gasteiger charge is -2.39. The number of amides is 2. The van der Waals surface area contributed by atoms with Crippen molar-refractivity contribution in [2.75, 3.05) is 32.7 Å². The van der Waals surface area contributed by atoms with Crippen molar-refractivity contribution in [2.45, 2.75) is 38.3 Å². The molecule has 1 atom stereocenters. The Hall–Kier alpha value is -1.14. The van der Waals surface area contributed by atoms with Crippen LogP contribution in [0.4, 0.5) is 0 Å². The Labute approximate surface area is 114 Å². The minimum absolute atomic E-state index is 0.0375. The van der Waals surface area contributed by atoms with Crippen LogP contribution in [0.15, 0.2) is 0 Å². The molecule has 2 heterocycles. The summed E-state index contributed by atoms with van der Waals surface area (Å²) in [5.74, 6) is 0.121. The third-order valence-corrected chi connectivity index (χ3v) is 4.06. The zero-order chi connectivity index (χ0) is 13.9. The number of rotatable bonds is 4. The van der Waals surface area contributed by atoms with Crippen LogP contribution in [0, 0.1) is 0 Å². The van der Waals surface area contributed by atoms with Crippen molar-refractivity contribution >= 4 is 11.8 Å². The molecule has 0 aromatic carbocycles. The van der Waals surface area contributed by atoms with E-state index in [0.717, 1.165) is 32.6 Å². The van der Waals surface area contributed by atoms with Crippen molar-refractivity contribution in [1.82, 2.24) is 20.9 Å². The molecular formula is C13H24N4O2. The van der Waals surface area contributed by atoms with Gasteiger partial charge in [-0.3, -0.25) is 14.5 Å². The predicted molar refractivity (Wildman–Crippen MR) is 72.7 cm³/mol. The highest BCUT2D eigenvalue weighted by molar-refractivity contribution is 5.85. The third-order valence-electron chi connectivity index (χ3n) is 4.06. The highest BCUT2D eigenvalue weighted by Crippen LogP contribution is 2.15. The molecule has 2 saturated heterocycles. The normalized spacial score (nSPS) is 25.2. The van der Waals surface area contributed by atoms with Gasteiger partial charge in [0.15, 0.2) is 0 Å². The van der Waals surface area contributed by atoms with Gasteiger partial charge in [-0.05, 0) is 20.3 Å². The number of piperazine rings is 1. The molecule has 0 saturated carbocycles. The van der Waals surface area contributed by atoms with Crippen LogP contribution >= 0.6 is 0 Å². The van der Waals surface area contributed by atoms with E-state index in [4.69, 9.17) is 0 Å². The van der Waals surface area contributed by atoms with Crippen LogP contribution in [0.1, 0.15) is 26.7 Å². The fraction of sp³-hybridized carbons (Fsp3) is 0.846. The van der Waals surface area contributed by atoms with E-state index in [1.54, 1.807) is 0 Å². The monoisotopic (exact) mass is 268 g/mol.